The van der Waals surface area contributed by atoms with Gasteiger partial charge in [0.05, 0.1) is 11.4 Å². The van der Waals surface area contributed by atoms with E-state index < -0.39 is 10.2 Å². The summed E-state index contributed by atoms with van der Waals surface area (Å²) >= 11 is 0. The largest absolute Gasteiger partial charge is 0.330 e. The highest BCUT2D eigenvalue weighted by molar-refractivity contribution is 7.90. The predicted octanol–water partition coefficient (Wildman–Crippen LogP) is 1.62. The van der Waals surface area contributed by atoms with E-state index in [1.54, 1.807) is 37.4 Å². The van der Waals surface area contributed by atoms with Crippen molar-refractivity contribution in [2.24, 2.45) is 0 Å². The molecule has 0 bridgehead atoms. The summed E-state index contributed by atoms with van der Waals surface area (Å²) in [4.78, 5) is 14.6. The van der Waals surface area contributed by atoms with Crippen LogP contribution in [0.25, 0.3) is 5.69 Å². The lowest BCUT2D eigenvalue weighted by Gasteiger charge is -2.26. The van der Waals surface area contributed by atoms with E-state index in [0.717, 1.165) is 19.3 Å². The fourth-order valence-corrected chi connectivity index (χ4v) is 4.14. The van der Waals surface area contributed by atoms with E-state index in [4.69, 9.17) is 0 Å². The van der Waals surface area contributed by atoms with Crippen LogP contribution in [-0.2, 0) is 10.2 Å². The minimum absolute atomic E-state index is 0.299. The molecule has 23 heavy (non-hydrogen) atoms. The number of aromatic amines is 1. The molecule has 1 saturated heterocycles. The first-order valence-electron chi connectivity index (χ1n) is 7.63. The topological polar surface area (TPSA) is 87.2 Å². The highest BCUT2D eigenvalue weighted by atomic mass is 32.2. The van der Waals surface area contributed by atoms with Gasteiger partial charge in [-0.05, 0) is 31.9 Å². The van der Waals surface area contributed by atoms with Crippen LogP contribution in [0.5, 0.6) is 0 Å². The van der Waals surface area contributed by atoms with Crippen molar-refractivity contribution in [2.75, 3.05) is 17.8 Å². The van der Waals surface area contributed by atoms with E-state index in [-0.39, 0.29) is 5.69 Å². The summed E-state index contributed by atoms with van der Waals surface area (Å²) in [5, 5.41) is 0. The van der Waals surface area contributed by atoms with Crippen LogP contribution in [0.3, 0.4) is 0 Å². The van der Waals surface area contributed by atoms with Crippen molar-refractivity contribution in [3.63, 3.8) is 0 Å². The van der Waals surface area contributed by atoms with Crippen molar-refractivity contribution in [3.8, 4) is 5.69 Å². The fraction of sp³-hybridized carbons (Fsp3) is 0.400. The Labute approximate surface area is 135 Å². The molecule has 0 aliphatic carbocycles. The zero-order valence-corrected chi connectivity index (χ0v) is 13.8. The van der Waals surface area contributed by atoms with Crippen LogP contribution in [-0.4, -0.2) is 35.4 Å². The Morgan fingerprint density at radius 1 is 1.13 bits per heavy atom. The second kappa shape index (κ2) is 6.21. The maximum absolute atomic E-state index is 12.6. The van der Waals surface area contributed by atoms with E-state index >= 15 is 0 Å². The van der Waals surface area contributed by atoms with Crippen molar-refractivity contribution in [3.05, 3.63) is 46.6 Å². The lowest BCUT2D eigenvalue weighted by Crippen LogP contribution is -2.39. The van der Waals surface area contributed by atoms with Gasteiger partial charge in [-0.15, -0.1) is 0 Å². The molecule has 124 valence electrons. The molecule has 0 amide bonds. The molecule has 1 aromatic carbocycles. The number of H-pyrrole nitrogens is 1. The lowest BCUT2D eigenvalue weighted by atomic mass is 10.2. The SMILES string of the molecule is Cc1c[nH]c(=O)n1-c1ccccc1NS(=O)(=O)N1CCCCC1. The molecule has 0 unspecified atom stereocenters. The number of nitrogens with zero attached hydrogens (tertiary/aromatic N) is 2. The van der Waals surface area contributed by atoms with E-state index in [2.05, 4.69) is 9.71 Å². The fourth-order valence-electron chi connectivity index (χ4n) is 2.82. The number of anilines is 1. The quantitative estimate of drug-likeness (QED) is 0.889. The monoisotopic (exact) mass is 336 g/mol. The number of rotatable bonds is 4. The molecule has 3 rings (SSSR count). The summed E-state index contributed by atoms with van der Waals surface area (Å²) < 4.78 is 30.7. The van der Waals surface area contributed by atoms with Crippen molar-refractivity contribution in [1.82, 2.24) is 13.9 Å². The average molecular weight is 336 g/mol. The highest BCUT2D eigenvalue weighted by Gasteiger charge is 2.25. The minimum Gasteiger partial charge on any atom is -0.312 e. The van der Waals surface area contributed by atoms with E-state index in [9.17, 15) is 13.2 Å². The Hall–Kier alpha value is -2.06. The smallest absolute Gasteiger partial charge is 0.312 e. The average Bonchev–Trinajstić information content (AvgIpc) is 2.87. The summed E-state index contributed by atoms with van der Waals surface area (Å²) in [6.45, 7) is 2.84. The Morgan fingerprint density at radius 2 is 1.83 bits per heavy atom. The first-order chi connectivity index (χ1) is 11.0. The Balaban J connectivity index is 1.97. The molecular formula is C15H20N4O3S. The minimum atomic E-state index is -3.62. The van der Waals surface area contributed by atoms with Crippen molar-refractivity contribution in [1.29, 1.82) is 0 Å². The first kappa shape index (κ1) is 15.8. The Kier molecular flexibility index (Phi) is 4.27. The summed E-state index contributed by atoms with van der Waals surface area (Å²) in [6, 6.07) is 6.89. The van der Waals surface area contributed by atoms with Crippen LogP contribution in [0.4, 0.5) is 5.69 Å². The number of aromatic nitrogens is 2. The van der Waals surface area contributed by atoms with Gasteiger partial charge in [0.2, 0.25) is 0 Å². The summed E-state index contributed by atoms with van der Waals surface area (Å²) in [6.07, 6.45) is 4.40. The number of para-hydroxylation sites is 2. The molecule has 0 saturated carbocycles. The second-order valence-electron chi connectivity index (χ2n) is 5.65. The molecule has 1 aliphatic heterocycles. The maximum atomic E-state index is 12.6. The van der Waals surface area contributed by atoms with Gasteiger partial charge in [-0.1, -0.05) is 18.6 Å². The summed E-state index contributed by atoms with van der Waals surface area (Å²) in [7, 11) is -3.62. The van der Waals surface area contributed by atoms with E-state index in [1.807, 2.05) is 0 Å². The molecule has 1 aromatic heterocycles. The van der Waals surface area contributed by atoms with Gasteiger partial charge in [0.1, 0.15) is 0 Å². The van der Waals surface area contributed by atoms with Crippen LogP contribution in [0.1, 0.15) is 25.0 Å². The van der Waals surface area contributed by atoms with Gasteiger partial charge < -0.3 is 4.98 Å². The van der Waals surface area contributed by atoms with E-state index in [1.165, 1.54) is 8.87 Å². The molecule has 2 N–H and O–H groups in total. The van der Waals surface area contributed by atoms with Crippen LogP contribution in [0.2, 0.25) is 0 Å². The normalized spacial score (nSPS) is 16.4. The number of aryl methyl sites for hydroxylation is 1. The van der Waals surface area contributed by atoms with Crippen LogP contribution < -0.4 is 10.4 Å². The number of piperidine rings is 1. The summed E-state index contributed by atoms with van der Waals surface area (Å²) in [5.74, 6) is 0. The van der Waals surface area contributed by atoms with Gasteiger partial charge in [-0.3, -0.25) is 9.29 Å². The van der Waals surface area contributed by atoms with Gasteiger partial charge in [-0.2, -0.15) is 12.7 Å². The molecule has 0 atom stereocenters. The molecule has 1 fully saturated rings. The van der Waals surface area contributed by atoms with Gasteiger partial charge >= 0.3 is 15.9 Å². The van der Waals surface area contributed by atoms with E-state index in [0.29, 0.717) is 30.2 Å². The molecular weight excluding hydrogens is 316 g/mol. The highest BCUT2D eigenvalue weighted by Crippen LogP contribution is 2.23. The Morgan fingerprint density at radius 3 is 2.48 bits per heavy atom. The third-order valence-corrected chi connectivity index (χ3v) is 5.52. The lowest BCUT2D eigenvalue weighted by molar-refractivity contribution is 0.349. The molecule has 0 spiro atoms. The number of hydrogen-bond acceptors (Lipinski definition) is 3. The first-order valence-corrected chi connectivity index (χ1v) is 9.07. The van der Waals surface area contributed by atoms with Crippen molar-refractivity contribution >= 4 is 15.9 Å². The standard InChI is InChI=1S/C15H20N4O3S/c1-12-11-16-15(20)19(12)14-8-4-3-7-13(14)17-23(21,22)18-9-5-2-6-10-18/h3-4,7-8,11,17H,2,5-6,9-10H2,1H3,(H,16,20). The number of hydrogen-bond donors (Lipinski definition) is 2. The summed E-state index contributed by atoms with van der Waals surface area (Å²) in [5.41, 5.74) is 1.31. The van der Waals surface area contributed by atoms with Crippen molar-refractivity contribution in [2.45, 2.75) is 26.2 Å². The molecule has 8 heteroatoms. The zero-order chi connectivity index (χ0) is 16.4. The molecule has 0 radical (unpaired) electrons. The molecule has 2 heterocycles. The molecule has 1 aliphatic rings. The predicted molar refractivity (Wildman–Crippen MR) is 89.1 cm³/mol. The zero-order valence-electron chi connectivity index (χ0n) is 12.9. The maximum Gasteiger partial charge on any atom is 0.330 e. The number of benzene rings is 1. The van der Waals surface area contributed by atoms with Crippen LogP contribution >= 0.6 is 0 Å². The third kappa shape index (κ3) is 3.18. The Bertz CT molecular complexity index is 848. The second-order valence-corrected chi connectivity index (χ2v) is 7.33. The van der Waals surface area contributed by atoms with Gasteiger partial charge in [0, 0.05) is 25.0 Å². The van der Waals surface area contributed by atoms with Gasteiger partial charge in [0.25, 0.3) is 0 Å². The molecule has 7 nitrogen and oxygen atoms in total. The van der Waals surface area contributed by atoms with Crippen molar-refractivity contribution < 1.29 is 8.42 Å². The van der Waals surface area contributed by atoms with Gasteiger partial charge in [0.15, 0.2) is 0 Å². The van der Waals surface area contributed by atoms with Crippen LogP contribution in [0, 0.1) is 6.92 Å². The number of nitrogens with one attached hydrogen (secondary N) is 2. The third-order valence-electron chi connectivity index (χ3n) is 4.00. The van der Waals surface area contributed by atoms with Gasteiger partial charge in [-0.25, -0.2) is 4.79 Å². The molecule has 2 aromatic rings. The number of imidazole rings is 1. The van der Waals surface area contributed by atoms with Crippen LogP contribution in [0.15, 0.2) is 35.3 Å².